The SMILES string of the molecule is Cc1nc(Nc2cnn([C@@H]3CCOC3)c2)cc(-c2c(Nc3cc[nH]n3)nc3ccccn23)n1. The number of imidazole rings is 1. The third-order valence-corrected chi connectivity index (χ3v) is 5.51. The van der Waals surface area contributed by atoms with Crippen LogP contribution in [-0.4, -0.2) is 52.5 Å². The molecule has 11 nitrogen and oxygen atoms in total. The summed E-state index contributed by atoms with van der Waals surface area (Å²) in [6, 6.07) is 9.90. The molecule has 0 saturated carbocycles. The van der Waals surface area contributed by atoms with Crippen molar-refractivity contribution < 1.29 is 4.74 Å². The maximum Gasteiger partial charge on any atom is 0.160 e. The Labute approximate surface area is 188 Å². The van der Waals surface area contributed by atoms with E-state index in [9.17, 15) is 0 Å². The van der Waals surface area contributed by atoms with Crippen molar-refractivity contribution in [3.05, 3.63) is 60.9 Å². The summed E-state index contributed by atoms with van der Waals surface area (Å²) in [5.41, 5.74) is 3.22. The molecule has 0 radical (unpaired) electrons. The number of hydrogen-bond donors (Lipinski definition) is 3. The molecule has 1 atom stereocenters. The first-order chi connectivity index (χ1) is 16.2. The molecule has 0 spiro atoms. The van der Waals surface area contributed by atoms with Gasteiger partial charge in [-0.1, -0.05) is 6.07 Å². The van der Waals surface area contributed by atoms with E-state index in [-0.39, 0.29) is 6.04 Å². The Balaban J connectivity index is 1.37. The Hall–Kier alpha value is -4.25. The van der Waals surface area contributed by atoms with Crippen LogP contribution in [0.1, 0.15) is 18.3 Å². The minimum absolute atomic E-state index is 0.275. The zero-order valence-corrected chi connectivity index (χ0v) is 17.9. The molecule has 1 aliphatic rings. The topological polar surface area (TPSA) is 123 Å². The Kier molecular flexibility index (Phi) is 4.73. The number of aromatic amines is 1. The van der Waals surface area contributed by atoms with Crippen LogP contribution in [0, 0.1) is 6.92 Å². The van der Waals surface area contributed by atoms with E-state index < -0.39 is 0 Å². The monoisotopic (exact) mass is 442 g/mol. The summed E-state index contributed by atoms with van der Waals surface area (Å²) < 4.78 is 9.42. The second-order valence-electron chi connectivity index (χ2n) is 7.86. The molecule has 0 aliphatic carbocycles. The number of nitrogens with zero attached hydrogens (tertiary/aromatic N) is 7. The van der Waals surface area contributed by atoms with Crippen molar-refractivity contribution in [1.82, 2.24) is 39.3 Å². The van der Waals surface area contributed by atoms with Gasteiger partial charge in [0.25, 0.3) is 0 Å². The van der Waals surface area contributed by atoms with Gasteiger partial charge in [0.1, 0.15) is 23.0 Å². The lowest BCUT2D eigenvalue weighted by Gasteiger charge is -2.10. The van der Waals surface area contributed by atoms with E-state index >= 15 is 0 Å². The zero-order valence-electron chi connectivity index (χ0n) is 17.9. The molecular weight excluding hydrogens is 420 g/mol. The standard InChI is InChI=1S/C22H22N10O/c1-14-25-17(10-19(26-14)27-15-11-24-32(12-15)16-6-9-33-13-16)21-22(28-18-5-7-23-30-18)29-20-4-2-3-8-31(20)21/h2-5,7-8,10-12,16H,6,9,13H2,1H3,(H2,23,28,30)(H,25,26,27)/t16-/m1/s1. The molecule has 1 aliphatic heterocycles. The Morgan fingerprint density at radius 2 is 2.09 bits per heavy atom. The summed E-state index contributed by atoms with van der Waals surface area (Å²) in [6.45, 7) is 3.34. The van der Waals surface area contributed by atoms with Gasteiger partial charge in [-0.05, 0) is 25.5 Å². The average Bonchev–Trinajstić information content (AvgIpc) is 3.60. The van der Waals surface area contributed by atoms with E-state index in [4.69, 9.17) is 14.7 Å². The number of fused-ring (bicyclic) bond motifs is 1. The van der Waals surface area contributed by atoms with Crippen molar-refractivity contribution in [2.75, 3.05) is 23.8 Å². The molecular formula is C22H22N10O. The van der Waals surface area contributed by atoms with Crippen molar-refractivity contribution >= 4 is 28.8 Å². The fourth-order valence-corrected chi connectivity index (χ4v) is 4.01. The first kappa shape index (κ1) is 19.4. The molecule has 11 heteroatoms. The van der Waals surface area contributed by atoms with Gasteiger partial charge in [0, 0.05) is 37.3 Å². The third-order valence-electron chi connectivity index (χ3n) is 5.51. The third kappa shape index (κ3) is 3.78. The number of anilines is 4. The van der Waals surface area contributed by atoms with Gasteiger partial charge < -0.3 is 15.4 Å². The lowest BCUT2D eigenvalue weighted by molar-refractivity contribution is 0.184. The highest BCUT2D eigenvalue weighted by Gasteiger charge is 2.20. The van der Waals surface area contributed by atoms with Crippen LogP contribution in [0.5, 0.6) is 0 Å². The number of H-pyrrole nitrogens is 1. The van der Waals surface area contributed by atoms with Crippen LogP contribution in [0.4, 0.5) is 23.1 Å². The lowest BCUT2D eigenvalue weighted by atomic mass is 10.2. The number of ether oxygens (including phenoxy) is 1. The maximum absolute atomic E-state index is 5.47. The van der Waals surface area contributed by atoms with Crippen molar-refractivity contribution in [3.63, 3.8) is 0 Å². The maximum atomic E-state index is 5.47. The highest BCUT2D eigenvalue weighted by Crippen LogP contribution is 2.31. The van der Waals surface area contributed by atoms with E-state index in [0.717, 1.165) is 35.8 Å². The van der Waals surface area contributed by atoms with Crippen LogP contribution in [0.2, 0.25) is 0 Å². The first-order valence-corrected chi connectivity index (χ1v) is 10.7. The number of aryl methyl sites for hydroxylation is 1. The fourth-order valence-electron chi connectivity index (χ4n) is 4.01. The molecule has 3 N–H and O–H groups in total. The van der Waals surface area contributed by atoms with E-state index in [2.05, 4.69) is 30.9 Å². The fraction of sp³-hybridized carbons (Fsp3) is 0.227. The number of pyridine rings is 1. The summed E-state index contributed by atoms with van der Waals surface area (Å²) in [6.07, 6.45) is 8.47. The lowest BCUT2D eigenvalue weighted by Crippen LogP contribution is -2.08. The zero-order chi connectivity index (χ0) is 22.2. The minimum Gasteiger partial charge on any atom is -0.379 e. The van der Waals surface area contributed by atoms with Crippen LogP contribution in [-0.2, 0) is 4.74 Å². The minimum atomic E-state index is 0.275. The van der Waals surface area contributed by atoms with Gasteiger partial charge in [0.05, 0.1) is 30.2 Å². The van der Waals surface area contributed by atoms with Crippen LogP contribution < -0.4 is 10.6 Å². The molecule has 6 heterocycles. The summed E-state index contributed by atoms with van der Waals surface area (Å²) >= 11 is 0. The molecule has 166 valence electrons. The quantitative estimate of drug-likeness (QED) is 0.365. The van der Waals surface area contributed by atoms with Crippen LogP contribution in [0.25, 0.3) is 17.0 Å². The summed E-state index contributed by atoms with van der Waals surface area (Å²) in [4.78, 5) is 14.0. The van der Waals surface area contributed by atoms with E-state index in [1.54, 1.807) is 12.4 Å². The van der Waals surface area contributed by atoms with Gasteiger partial charge in [-0.3, -0.25) is 14.2 Å². The first-order valence-electron chi connectivity index (χ1n) is 10.7. The van der Waals surface area contributed by atoms with Crippen LogP contribution in [0.15, 0.2) is 55.1 Å². The Bertz CT molecular complexity index is 1400. The molecule has 6 rings (SSSR count). The van der Waals surface area contributed by atoms with Crippen LogP contribution >= 0.6 is 0 Å². The largest absolute Gasteiger partial charge is 0.379 e. The van der Waals surface area contributed by atoms with Gasteiger partial charge in [0.2, 0.25) is 0 Å². The molecule has 0 aromatic carbocycles. The number of aromatic nitrogens is 8. The van der Waals surface area contributed by atoms with Gasteiger partial charge in [-0.25, -0.2) is 15.0 Å². The summed E-state index contributed by atoms with van der Waals surface area (Å²) in [5.74, 6) is 2.65. The average molecular weight is 442 g/mol. The molecule has 5 aromatic heterocycles. The van der Waals surface area contributed by atoms with Gasteiger partial charge in [0.15, 0.2) is 11.6 Å². The highest BCUT2D eigenvalue weighted by molar-refractivity contribution is 5.78. The van der Waals surface area contributed by atoms with E-state index in [1.165, 1.54) is 0 Å². The molecule has 1 fully saturated rings. The smallest absolute Gasteiger partial charge is 0.160 e. The number of nitrogens with one attached hydrogen (secondary N) is 3. The number of hydrogen-bond acceptors (Lipinski definition) is 8. The molecule has 0 amide bonds. The molecule has 0 bridgehead atoms. The Morgan fingerprint density at radius 3 is 2.94 bits per heavy atom. The predicted octanol–water partition coefficient (Wildman–Crippen LogP) is 3.47. The molecule has 33 heavy (non-hydrogen) atoms. The number of rotatable bonds is 6. The van der Waals surface area contributed by atoms with Crippen molar-refractivity contribution in [2.45, 2.75) is 19.4 Å². The molecule has 0 unspecified atom stereocenters. The second kappa shape index (κ2) is 8.02. The van der Waals surface area contributed by atoms with Crippen molar-refractivity contribution in [2.24, 2.45) is 0 Å². The molecule has 1 saturated heterocycles. The van der Waals surface area contributed by atoms with Crippen molar-refractivity contribution in [1.29, 1.82) is 0 Å². The summed E-state index contributed by atoms with van der Waals surface area (Å²) in [5, 5.41) is 18.1. The molecule has 5 aromatic rings. The predicted molar refractivity (Wildman–Crippen MR) is 123 cm³/mol. The van der Waals surface area contributed by atoms with Crippen molar-refractivity contribution in [3.8, 4) is 11.4 Å². The van der Waals surface area contributed by atoms with Crippen LogP contribution in [0.3, 0.4) is 0 Å². The van der Waals surface area contributed by atoms with E-state index in [0.29, 0.717) is 29.9 Å². The Morgan fingerprint density at radius 1 is 1.12 bits per heavy atom. The summed E-state index contributed by atoms with van der Waals surface area (Å²) in [7, 11) is 0. The van der Waals surface area contributed by atoms with E-state index in [1.807, 2.05) is 58.7 Å². The highest BCUT2D eigenvalue weighted by atomic mass is 16.5. The van der Waals surface area contributed by atoms with Gasteiger partial charge in [-0.2, -0.15) is 10.2 Å². The van der Waals surface area contributed by atoms with Gasteiger partial charge in [-0.15, -0.1) is 0 Å². The normalized spacial score (nSPS) is 15.8. The van der Waals surface area contributed by atoms with Gasteiger partial charge >= 0.3 is 0 Å². The second-order valence-corrected chi connectivity index (χ2v) is 7.86.